The van der Waals surface area contributed by atoms with E-state index in [2.05, 4.69) is 42.4 Å². The molecule has 4 heteroatoms. The lowest BCUT2D eigenvalue weighted by Crippen LogP contribution is -2.28. The van der Waals surface area contributed by atoms with E-state index in [4.69, 9.17) is 5.10 Å². The van der Waals surface area contributed by atoms with Crippen molar-refractivity contribution < 1.29 is 5.11 Å². The second-order valence-electron chi connectivity index (χ2n) is 8.93. The zero-order chi connectivity index (χ0) is 19.4. The van der Waals surface area contributed by atoms with Crippen molar-refractivity contribution in [3.63, 3.8) is 0 Å². The van der Waals surface area contributed by atoms with Crippen LogP contribution >= 0.6 is 0 Å². The van der Waals surface area contributed by atoms with Crippen LogP contribution in [-0.4, -0.2) is 39.0 Å². The number of hydrogen-bond acceptors (Lipinski definition) is 3. The molecule has 1 aliphatic rings. The molecule has 0 amide bonds. The molecule has 0 atom stereocenters. The predicted octanol–water partition coefficient (Wildman–Crippen LogP) is 4.73. The first-order valence-corrected chi connectivity index (χ1v) is 10.4. The van der Waals surface area contributed by atoms with Gasteiger partial charge in [0.1, 0.15) is 0 Å². The van der Waals surface area contributed by atoms with Gasteiger partial charge in [-0.1, -0.05) is 43.5 Å². The maximum Gasteiger partial charge on any atom is 0.0968 e. The van der Waals surface area contributed by atoms with Gasteiger partial charge in [0.2, 0.25) is 0 Å². The molecule has 0 aliphatic heterocycles. The van der Waals surface area contributed by atoms with E-state index in [-0.39, 0.29) is 0 Å². The molecule has 0 saturated heterocycles. The number of aliphatic hydroxyl groups is 1. The topological polar surface area (TPSA) is 41.3 Å². The van der Waals surface area contributed by atoms with Crippen LogP contribution in [0.1, 0.15) is 69.4 Å². The van der Waals surface area contributed by atoms with E-state index in [1.807, 2.05) is 25.6 Å². The second kappa shape index (κ2) is 8.57. The van der Waals surface area contributed by atoms with Gasteiger partial charge in [0.15, 0.2) is 0 Å². The minimum atomic E-state index is -0.624. The maximum absolute atomic E-state index is 9.96. The first-order valence-electron chi connectivity index (χ1n) is 10.4. The molecule has 2 aromatic rings. The SMILES string of the molecule is CN(CCC(C)(C)O)Cc1cn(C)nc1-c1ccc(C2CCCCC2)cc1. The summed E-state index contributed by atoms with van der Waals surface area (Å²) >= 11 is 0. The third-order valence-electron chi connectivity index (χ3n) is 5.71. The molecule has 1 heterocycles. The molecule has 4 nitrogen and oxygen atoms in total. The molecule has 0 spiro atoms. The quantitative estimate of drug-likeness (QED) is 0.767. The summed E-state index contributed by atoms with van der Waals surface area (Å²) in [5.74, 6) is 0.740. The van der Waals surface area contributed by atoms with Crippen LogP contribution < -0.4 is 0 Å². The summed E-state index contributed by atoms with van der Waals surface area (Å²) in [6.45, 7) is 5.43. The van der Waals surface area contributed by atoms with Crippen molar-refractivity contribution in [2.24, 2.45) is 7.05 Å². The van der Waals surface area contributed by atoms with E-state index in [0.29, 0.717) is 0 Å². The largest absolute Gasteiger partial charge is 0.390 e. The van der Waals surface area contributed by atoms with Gasteiger partial charge in [0.05, 0.1) is 11.3 Å². The highest BCUT2D eigenvalue weighted by Gasteiger charge is 2.18. The predicted molar refractivity (Wildman–Crippen MR) is 112 cm³/mol. The average molecular weight is 370 g/mol. The molecular weight excluding hydrogens is 334 g/mol. The van der Waals surface area contributed by atoms with Crippen LogP contribution in [-0.2, 0) is 13.6 Å². The van der Waals surface area contributed by atoms with Crippen molar-refractivity contribution in [2.75, 3.05) is 13.6 Å². The molecule has 3 rings (SSSR count). The summed E-state index contributed by atoms with van der Waals surface area (Å²) in [5.41, 5.74) is 4.37. The normalized spacial score (nSPS) is 16.2. The Kier molecular flexibility index (Phi) is 6.38. The summed E-state index contributed by atoms with van der Waals surface area (Å²) < 4.78 is 1.91. The smallest absolute Gasteiger partial charge is 0.0968 e. The summed E-state index contributed by atoms with van der Waals surface area (Å²) in [6, 6.07) is 9.10. The van der Waals surface area contributed by atoms with E-state index >= 15 is 0 Å². The Hall–Kier alpha value is -1.65. The second-order valence-corrected chi connectivity index (χ2v) is 8.93. The fourth-order valence-electron chi connectivity index (χ4n) is 4.08. The van der Waals surface area contributed by atoms with Crippen molar-refractivity contribution in [3.8, 4) is 11.3 Å². The van der Waals surface area contributed by atoms with Crippen LogP contribution in [0, 0.1) is 0 Å². The Bertz CT molecular complexity index is 721. The molecule has 1 aromatic heterocycles. The maximum atomic E-state index is 9.96. The highest BCUT2D eigenvalue weighted by atomic mass is 16.3. The number of benzene rings is 1. The summed E-state index contributed by atoms with van der Waals surface area (Å²) in [5, 5.41) is 14.7. The van der Waals surface area contributed by atoms with Crippen LogP contribution in [0.4, 0.5) is 0 Å². The average Bonchev–Trinajstić information content (AvgIpc) is 3.00. The van der Waals surface area contributed by atoms with Gasteiger partial charge in [0, 0.05) is 37.5 Å². The highest BCUT2D eigenvalue weighted by Crippen LogP contribution is 2.34. The number of aromatic nitrogens is 2. The first-order chi connectivity index (χ1) is 12.8. The van der Waals surface area contributed by atoms with Gasteiger partial charge in [-0.2, -0.15) is 5.10 Å². The fraction of sp³-hybridized carbons (Fsp3) is 0.609. The van der Waals surface area contributed by atoms with E-state index < -0.39 is 5.60 Å². The fourth-order valence-corrected chi connectivity index (χ4v) is 4.08. The number of aryl methyl sites for hydroxylation is 1. The molecule has 0 radical (unpaired) electrons. The molecule has 1 aliphatic carbocycles. The molecule has 1 N–H and O–H groups in total. The van der Waals surface area contributed by atoms with Crippen LogP contribution in [0.5, 0.6) is 0 Å². The Balaban J connectivity index is 1.71. The van der Waals surface area contributed by atoms with Crippen molar-refractivity contribution in [1.82, 2.24) is 14.7 Å². The third kappa shape index (κ3) is 5.66. The molecule has 0 unspecified atom stereocenters. The van der Waals surface area contributed by atoms with Crippen LogP contribution in [0.25, 0.3) is 11.3 Å². The molecule has 148 valence electrons. The lowest BCUT2D eigenvalue weighted by Gasteiger charge is -2.23. The number of nitrogens with zero attached hydrogens (tertiary/aromatic N) is 3. The molecular formula is C23H35N3O. The summed E-state index contributed by atoms with van der Waals surface area (Å²) in [4.78, 5) is 2.26. The minimum absolute atomic E-state index is 0.624. The van der Waals surface area contributed by atoms with Crippen molar-refractivity contribution >= 4 is 0 Å². The Morgan fingerprint density at radius 3 is 2.44 bits per heavy atom. The van der Waals surface area contributed by atoms with E-state index in [1.165, 1.54) is 48.8 Å². The third-order valence-corrected chi connectivity index (χ3v) is 5.71. The van der Waals surface area contributed by atoms with E-state index in [1.54, 1.807) is 0 Å². The zero-order valence-electron chi connectivity index (χ0n) is 17.4. The monoisotopic (exact) mass is 369 g/mol. The Labute approximate surface area is 164 Å². The highest BCUT2D eigenvalue weighted by molar-refractivity contribution is 5.63. The van der Waals surface area contributed by atoms with Crippen LogP contribution in [0.15, 0.2) is 30.5 Å². The van der Waals surface area contributed by atoms with E-state index in [9.17, 15) is 5.11 Å². The number of rotatable bonds is 7. The number of hydrogen-bond donors (Lipinski definition) is 1. The summed E-state index contributed by atoms with van der Waals surface area (Å²) in [7, 11) is 4.09. The molecule has 1 saturated carbocycles. The molecule has 1 fully saturated rings. The van der Waals surface area contributed by atoms with Gasteiger partial charge in [-0.3, -0.25) is 4.68 Å². The lowest BCUT2D eigenvalue weighted by atomic mass is 9.84. The van der Waals surface area contributed by atoms with Gasteiger partial charge in [-0.05, 0) is 51.6 Å². The van der Waals surface area contributed by atoms with E-state index in [0.717, 1.165) is 31.1 Å². The van der Waals surface area contributed by atoms with Crippen molar-refractivity contribution in [2.45, 2.75) is 70.4 Å². The van der Waals surface area contributed by atoms with Gasteiger partial charge >= 0.3 is 0 Å². The first kappa shape index (κ1) is 20.1. The van der Waals surface area contributed by atoms with Gasteiger partial charge in [-0.25, -0.2) is 0 Å². The molecule has 27 heavy (non-hydrogen) atoms. The zero-order valence-corrected chi connectivity index (χ0v) is 17.4. The summed E-state index contributed by atoms with van der Waals surface area (Å²) in [6.07, 6.45) is 9.68. The molecule has 0 bridgehead atoms. The van der Waals surface area contributed by atoms with Crippen molar-refractivity contribution in [3.05, 3.63) is 41.6 Å². The van der Waals surface area contributed by atoms with Gasteiger partial charge < -0.3 is 10.0 Å². The van der Waals surface area contributed by atoms with Gasteiger partial charge in [0.25, 0.3) is 0 Å². The molecule has 1 aromatic carbocycles. The standard InChI is InChI=1S/C23H35N3O/c1-23(2,27)14-15-25(3)16-21-17-26(4)24-22(21)20-12-10-19(11-13-20)18-8-6-5-7-9-18/h10-13,17-18,27H,5-9,14-16H2,1-4H3. The van der Waals surface area contributed by atoms with Crippen LogP contribution in [0.3, 0.4) is 0 Å². The lowest BCUT2D eigenvalue weighted by molar-refractivity contribution is 0.0600. The minimum Gasteiger partial charge on any atom is -0.390 e. The Morgan fingerprint density at radius 2 is 1.81 bits per heavy atom. The van der Waals surface area contributed by atoms with Crippen LogP contribution in [0.2, 0.25) is 0 Å². The Morgan fingerprint density at radius 1 is 1.15 bits per heavy atom. The van der Waals surface area contributed by atoms with Gasteiger partial charge in [-0.15, -0.1) is 0 Å². The van der Waals surface area contributed by atoms with Crippen molar-refractivity contribution in [1.29, 1.82) is 0 Å².